The first-order valence-corrected chi connectivity index (χ1v) is 7.71. The van der Waals surface area contributed by atoms with Crippen molar-refractivity contribution in [3.05, 3.63) is 24.0 Å². The summed E-state index contributed by atoms with van der Waals surface area (Å²) >= 11 is 1.46. The summed E-state index contributed by atoms with van der Waals surface area (Å²) in [7, 11) is 0. The highest BCUT2D eigenvalue weighted by molar-refractivity contribution is 7.98. The maximum absolute atomic E-state index is 9.39. The van der Waals surface area contributed by atoms with Gasteiger partial charge in [0.1, 0.15) is 22.4 Å². The first kappa shape index (κ1) is 13.0. The highest BCUT2D eigenvalue weighted by atomic mass is 32.2. The highest BCUT2D eigenvalue weighted by Crippen LogP contribution is 2.30. The van der Waals surface area contributed by atoms with E-state index >= 15 is 0 Å². The molecule has 0 N–H and O–H groups in total. The maximum Gasteiger partial charge on any atom is 0.227 e. The average molecular weight is 286 g/mol. The molecule has 0 unspecified atom stereocenters. The van der Waals surface area contributed by atoms with Crippen LogP contribution in [0.3, 0.4) is 0 Å². The largest absolute Gasteiger partial charge is 0.463 e. The van der Waals surface area contributed by atoms with Gasteiger partial charge in [0.25, 0.3) is 0 Å². The summed E-state index contributed by atoms with van der Waals surface area (Å²) in [4.78, 5) is 11.3. The molecule has 3 rings (SSSR count). The van der Waals surface area contributed by atoms with Gasteiger partial charge >= 0.3 is 0 Å². The summed E-state index contributed by atoms with van der Waals surface area (Å²) in [5, 5.41) is 10.1. The minimum Gasteiger partial charge on any atom is -0.463 e. The molecule has 0 radical (unpaired) electrons. The van der Waals surface area contributed by atoms with Gasteiger partial charge in [-0.3, -0.25) is 0 Å². The van der Waals surface area contributed by atoms with E-state index in [2.05, 4.69) is 20.9 Å². The number of hydrogen-bond donors (Lipinski definition) is 0. The van der Waals surface area contributed by atoms with Crippen LogP contribution in [0, 0.1) is 11.3 Å². The zero-order chi connectivity index (χ0) is 13.9. The van der Waals surface area contributed by atoms with E-state index in [1.165, 1.54) is 11.8 Å². The third-order valence-electron chi connectivity index (χ3n) is 3.31. The van der Waals surface area contributed by atoms with Gasteiger partial charge in [0.2, 0.25) is 5.95 Å². The van der Waals surface area contributed by atoms with Crippen molar-refractivity contribution >= 4 is 17.7 Å². The molecular weight excluding hydrogens is 272 g/mol. The minimum absolute atomic E-state index is 0.482. The molecule has 1 saturated heterocycles. The Morgan fingerprint density at radius 1 is 1.35 bits per heavy atom. The van der Waals surface area contributed by atoms with Crippen LogP contribution in [0.5, 0.6) is 0 Å². The molecule has 0 atom stereocenters. The number of nitriles is 1. The number of hydrogen-bond acceptors (Lipinski definition) is 6. The van der Waals surface area contributed by atoms with Crippen LogP contribution < -0.4 is 4.90 Å². The molecular formula is C14H14N4OS. The number of thioether (sulfide) groups is 1. The molecule has 0 spiro atoms. The number of nitrogens with zero attached hydrogens (tertiary/aromatic N) is 4. The lowest BCUT2D eigenvalue weighted by atomic mass is 10.2. The highest BCUT2D eigenvalue weighted by Gasteiger charge is 2.21. The van der Waals surface area contributed by atoms with Gasteiger partial charge in [-0.05, 0) is 31.2 Å². The van der Waals surface area contributed by atoms with Crippen LogP contribution in [0.2, 0.25) is 0 Å². The molecule has 1 aliphatic rings. The van der Waals surface area contributed by atoms with Gasteiger partial charge in [-0.2, -0.15) is 5.26 Å². The second-order valence-electron chi connectivity index (χ2n) is 4.54. The van der Waals surface area contributed by atoms with Crippen molar-refractivity contribution in [1.82, 2.24) is 9.97 Å². The molecule has 20 heavy (non-hydrogen) atoms. The van der Waals surface area contributed by atoms with E-state index in [0.29, 0.717) is 28.0 Å². The lowest BCUT2D eigenvalue weighted by Crippen LogP contribution is -2.21. The van der Waals surface area contributed by atoms with Gasteiger partial charge in [0.15, 0.2) is 5.76 Å². The Labute approximate surface area is 121 Å². The predicted molar refractivity (Wildman–Crippen MR) is 77.7 cm³/mol. The van der Waals surface area contributed by atoms with Gasteiger partial charge in [0, 0.05) is 13.1 Å². The first-order chi connectivity index (χ1) is 9.83. The lowest BCUT2D eigenvalue weighted by Gasteiger charge is -2.17. The Morgan fingerprint density at radius 3 is 2.75 bits per heavy atom. The van der Waals surface area contributed by atoms with Gasteiger partial charge in [-0.25, -0.2) is 9.97 Å². The molecule has 6 heteroatoms. The van der Waals surface area contributed by atoms with Gasteiger partial charge in [-0.1, -0.05) is 0 Å². The van der Waals surface area contributed by atoms with Crippen molar-refractivity contribution in [3.63, 3.8) is 0 Å². The zero-order valence-corrected chi connectivity index (χ0v) is 12.0. The zero-order valence-electron chi connectivity index (χ0n) is 11.2. The SMILES string of the molecule is CSc1nc(N2CCCC2)nc(-c2ccco2)c1C#N. The monoisotopic (exact) mass is 286 g/mol. The molecule has 0 aliphatic carbocycles. The van der Waals surface area contributed by atoms with E-state index in [9.17, 15) is 5.26 Å². The van der Waals surface area contributed by atoms with Crippen LogP contribution >= 0.6 is 11.8 Å². The lowest BCUT2D eigenvalue weighted by molar-refractivity contribution is 0.579. The van der Waals surface area contributed by atoms with E-state index in [0.717, 1.165) is 25.9 Å². The molecule has 0 amide bonds. The Kier molecular flexibility index (Phi) is 3.61. The second-order valence-corrected chi connectivity index (χ2v) is 5.33. The van der Waals surface area contributed by atoms with Crippen molar-refractivity contribution < 1.29 is 4.42 Å². The second kappa shape index (κ2) is 5.55. The van der Waals surface area contributed by atoms with Crippen molar-refractivity contribution in [2.45, 2.75) is 17.9 Å². The number of rotatable bonds is 3. The predicted octanol–water partition coefficient (Wildman–Crippen LogP) is 2.93. The van der Waals surface area contributed by atoms with Crippen LogP contribution in [-0.2, 0) is 0 Å². The van der Waals surface area contributed by atoms with Gasteiger partial charge in [0.05, 0.1) is 6.26 Å². The molecule has 0 bridgehead atoms. The van der Waals surface area contributed by atoms with Gasteiger partial charge < -0.3 is 9.32 Å². The summed E-state index contributed by atoms with van der Waals surface area (Å²) in [6.45, 7) is 1.94. The molecule has 1 fully saturated rings. The Bertz CT molecular complexity index is 642. The quantitative estimate of drug-likeness (QED) is 0.638. The number of anilines is 1. The Morgan fingerprint density at radius 2 is 2.15 bits per heavy atom. The minimum atomic E-state index is 0.482. The topological polar surface area (TPSA) is 66.0 Å². The van der Waals surface area contributed by atoms with E-state index in [1.807, 2.05) is 12.3 Å². The van der Waals surface area contributed by atoms with Crippen molar-refractivity contribution in [2.75, 3.05) is 24.2 Å². The van der Waals surface area contributed by atoms with E-state index < -0.39 is 0 Å². The fraction of sp³-hybridized carbons (Fsp3) is 0.357. The van der Waals surface area contributed by atoms with Crippen LogP contribution in [-0.4, -0.2) is 29.3 Å². The molecule has 1 aliphatic heterocycles. The average Bonchev–Trinajstić information content (AvgIpc) is 3.18. The normalized spacial score (nSPS) is 14.5. The van der Waals surface area contributed by atoms with E-state index in [1.54, 1.807) is 12.3 Å². The molecule has 102 valence electrons. The summed E-state index contributed by atoms with van der Waals surface area (Å²) in [5.74, 6) is 1.30. The summed E-state index contributed by atoms with van der Waals surface area (Å²) < 4.78 is 5.41. The number of furan rings is 1. The van der Waals surface area contributed by atoms with Gasteiger partial charge in [-0.15, -0.1) is 11.8 Å². The van der Waals surface area contributed by atoms with Crippen molar-refractivity contribution in [3.8, 4) is 17.5 Å². The number of aromatic nitrogens is 2. The third kappa shape index (κ3) is 2.25. The van der Waals surface area contributed by atoms with Crippen LogP contribution in [0.25, 0.3) is 11.5 Å². The summed E-state index contributed by atoms with van der Waals surface area (Å²) in [6, 6.07) is 5.82. The van der Waals surface area contributed by atoms with E-state index in [-0.39, 0.29) is 0 Å². The first-order valence-electron chi connectivity index (χ1n) is 6.48. The van der Waals surface area contributed by atoms with Crippen molar-refractivity contribution in [2.24, 2.45) is 0 Å². The molecule has 2 aromatic rings. The fourth-order valence-corrected chi connectivity index (χ4v) is 2.85. The smallest absolute Gasteiger partial charge is 0.227 e. The van der Waals surface area contributed by atoms with E-state index in [4.69, 9.17) is 4.42 Å². The molecule has 0 saturated carbocycles. The Hall–Kier alpha value is -2.00. The fourth-order valence-electron chi connectivity index (χ4n) is 2.33. The third-order valence-corrected chi connectivity index (χ3v) is 3.99. The summed E-state index contributed by atoms with van der Waals surface area (Å²) in [6.07, 6.45) is 5.83. The summed E-state index contributed by atoms with van der Waals surface area (Å²) in [5.41, 5.74) is 1.06. The maximum atomic E-state index is 9.39. The molecule has 5 nitrogen and oxygen atoms in total. The molecule has 3 heterocycles. The standard InChI is InChI=1S/C14H14N4OS/c1-20-13-10(9-15)12(11-5-4-8-19-11)16-14(17-13)18-6-2-3-7-18/h4-5,8H,2-3,6-7H2,1H3. The van der Waals surface area contributed by atoms with Crippen LogP contribution in [0.4, 0.5) is 5.95 Å². The Balaban J connectivity index is 2.15. The van der Waals surface area contributed by atoms with Crippen LogP contribution in [0.1, 0.15) is 18.4 Å². The molecule has 0 aromatic carbocycles. The van der Waals surface area contributed by atoms with Crippen LogP contribution in [0.15, 0.2) is 27.8 Å². The van der Waals surface area contributed by atoms with Crippen molar-refractivity contribution in [1.29, 1.82) is 5.26 Å². The molecule has 2 aromatic heterocycles.